The minimum absolute atomic E-state index is 0.0370. The average molecular weight is 375 g/mol. The molecule has 0 unspecified atom stereocenters. The molecule has 4 rings (SSSR count). The molecule has 0 aliphatic rings. The van der Waals surface area contributed by atoms with Crippen LogP contribution in [0, 0.1) is 5.82 Å². The van der Waals surface area contributed by atoms with Gasteiger partial charge in [-0.1, -0.05) is 35.5 Å². The van der Waals surface area contributed by atoms with Crippen LogP contribution in [0.25, 0.3) is 33.6 Å². The van der Waals surface area contributed by atoms with Crippen molar-refractivity contribution in [1.82, 2.24) is 15.5 Å². The van der Waals surface area contributed by atoms with Gasteiger partial charge in [-0.15, -0.1) is 0 Å². The number of hydrogen-bond acceptors (Lipinski definition) is 4. The van der Waals surface area contributed by atoms with Gasteiger partial charge in [0.25, 0.3) is 11.6 Å². The van der Waals surface area contributed by atoms with Crippen molar-refractivity contribution in [3.05, 3.63) is 72.0 Å². The first-order valence-corrected chi connectivity index (χ1v) is 8.95. The second-order valence-electron chi connectivity index (χ2n) is 6.77. The van der Waals surface area contributed by atoms with E-state index in [1.54, 1.807) is 18.2 Å². The molecule has 1 amide bonds. The summed E-state index contributed by atoms with van der Waals surface area (Å²) in [6, 6.07) is 17.1. The van der Waals surface area contributed by atoms with Crippen LogP contribution in [0.4, 0.5) is 4.39 Å². The van der Waals surface area contributed by atoms with Crippen LogP contribution in [0.2, 0.25) is 0 Å². The van der Waals surface area contributed by atoms with Crippen molar-refractivity contribution < 1.29 is 13.7 Å². The van der Waals surface area contributed by atoms with Crippen LogP contribution in [-0.4, -0.2) is 22.1 Å². The summed E-state index contributed by atoms with van der Waals surface area (Å²) in [6.07, 6.45) is 0. The highest BCUT2D eigenvalue weighted by molar-refractivity contribution is 6.10. The molecule has 0 saturated heterocycles. The highest BCUT2D eigenvalue weighted by Gasteiger charge is 2.22. The standard InChI is InChI=1S/C22H18FN3O2/c1-13(2)24-21(27)17-12-18(14-6-4-3-5-7-14)25-22-19(17)20(26-28-22)15-8-10-16(23)11-9-15/h3-13H,1-2H3,(H,24,27). The smallest absolute Gasteiger partial charge is 0.259 e. The normalized spacial score (nSPS) is 11.1. The van der Waals surface area contributed by atoms with Crippen LogP contribution in [0.1, 0.15) is 24.2 Å². The Morgan fingerprint density at radius 2 is 1.75 bits per heavy atom. The zero-order valence-corrected chi connectivity index (χ0v) is 15.4. The second-order valence-corrected chi connectivity index (χ2v) is 6.77. The molecule has 4 aromatic rings. The topological polar surface area (TPSA) is 68.0 Å². The maximum Gasteiger partial charge on any atom is 0.259 e. The van der Waals surface area contributed by atoms with Crippen molar-refractivity contribution in [2.45, 2.75) is 19.9 Å². The lowest BCUT2D eigenvalue weighted by molar-refractivity contribution is 0.0944. The first-order chi connectivity index (χ1) is 13.5. The van der Waals surface area contributed by atoms with Crippen LogP contribution in [-0.2, 0) is 0 Å². The first kappa shape index (κ1) is 17.9. The minimum Gasteiger partial charge on any atom is -0.350 e. The van der Waals surface area contributed by atoms with Gasteiger partial charge in [0.1, 0.15) is 11.5 Å². The zero-order valence-electron chi connectivity index (χ0n) is 15.4. The zero-order chi connectivity index (χ0) is 19.7. The fourth-order valence-electron chi connectivity index (χ4n) is 3.03. The van der Waals surface area contributed by atoms with Crippen molar-refractivity contribution in [2.75, 3.05) is 0 Å². The quantitative estimate of drug-likeness (QED) is 0.554. The van der Waals surface area contributed by atoms with Gasteiger partial charge in [0.05, 0.1) is 16.6 Å². The maximum absolute atomic E-state index is 13.3. The number of aromatic nitrogens is 2. The molecule has 140 valence electrons. The van der Waals surface area contributed by atoms with E-state index in [4.69, 9.17) is 4.52 Å². The van der Waals surface area contributed by atoms with E-state index in [0.29, 0.717) is 27.9 Å². The fraction of sp³-hybridized carbons (Fsp3) is 0.136. The van der Waals surface area contributed by atoms with Gasteiger partial charge in [0.2, 0.25) is 0 Å². The lowest BCUT2D eigenvalue weighted by Gasteiger charge is -2.11. The van der Waals surface area contributed by atoms with Crippen molar-refractivity contribution in [1.29, 1.82) is 0 Å². The Kier molecular flexibility index (Phi) is 4.61. The second kappa shape index (κ2) is 7.23. The van der Waals surface area contributed by atoms with Gasteiger partial charge < -0.3 is 9.84 Å². The molecule has 0 radical (unpaired) electrons. The molecular formula is C22H18FN3O2. The molecule has 0 bridgehead atoms. The van der Waals surface area contributed by atoms with Gasteiger partial charge in [0.15, 0.2) is 0 Å². The SMILES string of the molecule is CC(C)NC(=O)c1cc(-c2ccccc2)nc2onc(-c3ccc(F)cc3)c12. The Balaban J connectivity index is 1.94. The molecule has 6 heteroatoms. The molecule has 0 spiro atoms. The number of halogens is 1. The van der Waals surface area contributed by atoms with Gasteiger partial charge in [-0.2, -0.15) is 0 Å². The highest BCUT2D eigenvalue weighted by Crippen LogP contribution is 2.32. The van der Waals surface area contributed by atoms with Crippen LogP contribution in [0.15, 0.2) is 65.2 Å². The van der Waals surface area contributed by atoms with Crippen LogP contribution in [0.5, 0.6) is 0 Å². The Bertz CT molecular complexity index is 1140. The molecule has 1 N–H and O–H groups in total. The third-order valence-corrected chi connectivity index (χ3v) is 4.30. The summed E-state index contributed by atoms with van der Waals surface area (Å²) in [5, 5.41) is 7.53. The van der Waals surface area contributed by atoms with E-state index in [0.717, 1.165) is 5.56 Å². The van der Waals surface area contributed by atoms with E-state index in [2.05, 4.69) is 15.5 Å². The van der Waals surface area contributed by atoms with Crippen LogP contribution in [0.3, 0.4) is 0 Å². The Morgan fingerprint density at radius 3 is 2.43 bits per heavy atom. The largest absolute Gasteiger partial charge is 0.350 e. The van der Waals surface area contributed by atoms with E-state index < -0.39 is 0 Å². The summed E-state index contributed by atoms with van der Waals surface area (Å²) in [5.41, 5.74) is 3.25. The number of carbonyl (C=O) groups is 1. The van der Waals surface area contributed by atoms with E-state index in [1.807, 2.05) is 44.2 Å². The molecule has 0 aliphatic carbocycles. The number of carbonyl (C=O) groups excluding carboxylic acids is 1. The number of fused-ring (bicyclic) bond motifs is 1. The molecule has 2 heterocycles. The summed E-state index contributed by atoms with van der Waals surface area (Å²) in [7, 11) is 0. The number of pyridine rings is 1. The number of nitrogens with one attached hydrogen (secondary N) is 1. The van der Waals surface area contributed by atoms with E-state index >= 15 is 0 Å². The van der Waals surface area contributed by atoms with Crippen molar-refractivity contribution in [3.8, 4) is 22.5 Å². The van der Waals surface area contributed by atoms with E-state index in [1.165, 1.54) is 12.1 Å². The lowest BCUT2D eigenvalue weighted by atomic mass is 10.0. The molecule has 0 aliphatic heterocycles. The van der Waals surface area contributed by atoms with Gasteiger partial charge in [-0.05, 0) is 44.2 Å². The molecule has 0 fully saturated rings. The van der Waals surface area contributed by atoms with Gasteiger partial charge in [-0.25, -0.2) is 9.37 Å². The summed E-state index contributed by atoms with van der Waals surface area (Å²) >= 11 is 0. The minimum atomic E-state index is -0.348. The predicted octanol–water partition coefficient (Wildman–Crippen LogP) is 4.83. The number of rotatable bonds is 4. The van der Waals surface area contributed by atoms with Crippen molar-refractivity contribution in [2.24, 2.45) is 0 Å². The summed E-state index contributed by atoms with van der Waals surface area (Å²) in [5.74, 6) is -0.593. The fourth-order valence-corrected chi connectivity index (χ4v) is 3.03. The third-order valence-electron chi connectivity index (χ3n) is 4.30. The molecule has 28 heavy (non-hydrogen) atoms. The molecule has 2 aromatic heterocycles. The molecule has 0 saturated carbocycles. The van der Waals surface area contributed by atoms with Crippen molar-refractivity contribution in [3.63, 3.8) is 0 Å². The van der Waals surface area contributed by atoms with Crippen molar-refractivity contribution >= 4 is 17.0 Å². The maximum atomic E-state index is 13.3. The van der Waals surface area contributed by atoms with Crippen LogP contribution >= 0.6 is 0 Å². The van der Waals surface area contributed by atoms with Gasteiger partial charge in [-0.3, -0.25) is 4.79 Å². The van der Waals surface area contributed by atoms with E-state index in [9.17, 15) is 9.18 Å². The summed E-state index contributed by atoms with van der Waals surface area (Å²) < 4.78 is 18.8. The number of hydrogen-bond donors (Lipinski definition) is 1. The first-order valence-electron chi connectivity index (χ1n) is 8.95. The summed E-state index contributed by atoms with van der Waals surface area (Å²) in [6.45, 7) is 3.78. The monoisotopic (exact) mass is 375 g/mol. The molecule has 0 atom stereocenters. The Morgan fingerprint density at radius 1 is 1.04 bits per heavy atom. The Labute approximate surface area is 161 Å². The average Bonchev–Trinajstić information content (AvgIpc) is 3.12. The van der Waals surface area contributed by atoms with Crippen LogP contribution < -0.4 is 5.32 Å². The third kappa shape index (κ3) is 3.36. The van der Waals surface area contributed by atoms with E-state index in [-0.39, 0.29) is 23.5 Å². The molecule has 2 aromatic carbocycles. The number of nitrogens with zero attached hydrogens (tertiary/aromatic N) is 2. The number of amides is 1. The van der Waals surface area contributed by atoms with Gasteiger partial charge in [0, 0.05) is 17.2 Å². The van der Waals surface area contributed by atoms with Gasteiger partial charge >= 0.3 is 0 Å². The lowest BCUT2D eigenvalue weighted by Crippen LogP contribution is -2.30. The Hall–Kier alpha value is -3.54. The summed E-state index contributed by atoms with van der Waals surface area (Å²) in [4.78, 5) is 17.5. The predicted molar refractivity (Wildman–Crippen MR) is 105 cm³/mol. The number of benzene rings is 2. The highest BCUT2D eigenvalue weighted by atomic mass is 19.1. The molecular weight excluding hydrogens is 357 g/mol. The molecule has 5 nitrogen and oxygen atoms in total.